The van der Waals surface area contributed by atoms with Crippen molar-refractivity contribution in [3.8, 4) is 0 Å². The topological polar surface area (TPSA) is 49.9 Å². The van der Waals surface area contributed by atoms with Crippen LogP contribution in [0.25, 0.3) is 5.57 Å². The molecular weight excluding hydrogens is 335 g/mol. The third kappa shape index (κ3) is 4.84. The van der Waals surface area contributed by atoms with E-state index in [2.05, 4.69) is 0 Å². The number of hydrogen-bond acceptors (Lipinski definition) is 3. The zero-order valence-corrected chi connectivity index (χ0v) is 15.9. The maximum atomic E-state index is 13.5. The second-order valence-corrected chi connectivity index (χ2v) is 6.73. The van der Waals surface area contributed by atoms with Gasteiger partial charge in [-0.1, -0.05) is 19.9 Å². The smallest absolute Gasteiger partial charge is 0.409 e. The van der Waals surface area contributed by atoms with Crippen molar-refractivity contribution in [1.29, 1.82) is 0 Å². The fraction of sp³-hybridized carbons (Fsp3) is 0.500. The van der Waals surface area contributed by atoms with Crippen molar-refractivity contribution in [3.05, 3.63) is 41.2 Å². The Morgan fingerprint density at radius 2 is 1.81 bits per heavy atom. The summed E-state index contributed by atoms with van der Waals surface area (Å²) in [6.45, 7) is 9.73. The van der Waals surface area contributed by atoms with Gasteiger partial charge < -0.3 is 14.5 Å². The summed E-state index contributed by atoms with van der Waals surface area (Å²) in [5, 5.41) is 0. The molecule has 1 saturated heterocycles. The van der Waals surface area contributed by atoms with Gasteiger partial charge in [-0.05, 0) is 48.6 Å². The molecular formula is C20H27FN2O3. The molecule has 1 aliphatic rings. The third-order valence-electron chi connectivity index (χ3n) is 4.51. The van der Waals surface area contributed by atoms with E-state index in [9.17, 15) is 14.0 Å². The van der Waals surface area contributed by atoms with Crippen LogP contribution in [0.2, 0.25) is 0 Å². The lowest BCUT2D eigenvalue weighted by Crippen LogP contribution is -2.50. The van der Waals surface area contributed by atoms with Crippen LogP contribution in [-0.2, 0) is 9.53 Å². The Labute approximate surface area is 154 Å². The van der Waals surface area contributed by atoms with Crippen molar-refractivity contribution in [2.24, 2.45) is 5.92 Å². The number of amides is 2. The summed E-state index contributed by atoms with van der Waals surface area (Å²) in [5.41, 5.74) is 2.30. The van der Waals surface area contributed by atoms with E-state index >= 15 is 0 Å². The zero-order chi connectivity index (χ0) is 19.3. The minimum absolute atomic E-state index is 0.0841. The zero-order valence-electron chi connectivity index (χ0n) is 15.9. The molecule has 0 aromatic heterocycles. The third-order valence-corrected chi connectivity index (χ3v) is 4.51. The van der Waals surface area contributed by atoms with E-state index in [0.29, 0.717) is 38.3 Å². The van der Waals surface area contributed by atoms with Gasteiger partial charge in [-0.3, -0.25) is 4.79 Å². The van der Waals surface area contributed by atoms with E-state index in [1.807, 2.05) is 13.8 Å². The summed E-state index contributed by atoms with van der Waals surface area (Å²) in [4.78, 5) is 27.8. The first-order valence-corrected chi connectivity index (χ1v) is 9.02. The Hall–Kier alpha value is -2.37. The average Bonchev–Trinajstić information content (AvgIpc) is 2.62. The highest BCUT2D eigenvalue weighted by Crippen LogP contribution is 2.25. The first-order chi connectivity index (χ1) is 12.3. The number of benzene rings is 1. The van der Waals surface area contributed by atoms with Gasteiger partial charge in [0.1, 0.15) is 5.82 Å². The Morgan fingerprint density at radius 1 is 1.19 bits per heavy atom. The number of piperazine rings is 1. The lowest BCUT2D eigenvalue weighted by atomic mass is 9.93. The van der Waals surface area contributed by atoms with Gasteiger partial charge in [-0.25, -0.2) is 9.18 Å². The van der Waals surface area contributed by atoms with Crippen molar-refractivity contribution < 1.29 is 18.7 Å². The molecule has 2 rings (SSSR count). The van der Waals surface area contributed by atoms with Crippen LogP contribution in [0.5, 0.6) is 0 Å². The van der Waals surface area contributed by atoms with Crippen molar-refractivity contribution in [2.45, 2.75) is 27.7 Å². The molecule has 5 nitrogen and oxygen atoms in total. The Balaban J connectivity index is 2.09. The molecule has 1 heterocycles. The van der Waals surface area contributed by atoms with E-state index in [4.69, 9.17) is 4.74 Å². The van der Waals surface area contributed by atoms with Gasteiger partial charge in [-0.2, -0.15) is 0 Å². The van der Waals surface area contributed by atoms with Crippen LogP contribution in [0.15, 0.2) is 24.3 Å². The molecule has 1 fully saturated rings. The number of rotatable bonds is 4. The van der Waals surface area contributed by atoms with Gasteiger partial charge in [0.05, 0.1) is 6.61 Å². The Bertz CT molecular complexity index is 692. The molecule has 0 saturated carbocycles. The second-order valence-electron chi connectivity index (χ2n) is 6.73. The molecule has 2 amide bonds. The van der Waals surface area contributed by atoms with E-state index in [1.54, 1.807) is 41.9 Å². The maximum Gasteiger partial charge on any atom is 0.409 e. The maximum absolute atomic E-state index is 13.5. The largest absolute Gasteiger partial charge is 0.450 e. The number of carbonyl (C=O) groups excluding carboxylic acids is 2. The molecule has 0 spiro atoms. The standard InChI is InChI=1S/C20H27FN2O3/c1-5-26-20(25)23-10-8-22(9-11-23)19(24)13-17(14(2)3)16-6-7-18(21)15(4)12-16/h6-7,12-14H,5,8-11H2,1-4H3/b17-13+. The number of hydrogen-bond donors (Lipinski definition) is 0. The van der Waals surface area contributed by atoms with Crippen LogP contribution in [0.3, 0.4) is 0 Å². The lowest BCUT2D eigenvalue weighted by molar-refractivity contribution is -0.127. The summed E-state index contributed by atoms with van der Waals surface area (Å²) in [6, 6.07) is 4.91. The van der Waals surface area contributed by atoms with Gasteiger partial charge in [0, 0.05) is 32.3 Å². The van der Waals surface area contributed by atoms with Crippen molar-refractivity contribution >= 4 is 17.6 Å². The minimum Gasteiger partial charge on any atom is -0.450 e. The van der Waals surface area contributed by atoms with Gasteiger partial charge in [0.2, 0.25) is 5.91 Å². The predicted molar refractivity (Wildman–Crippen MR) is 99.1 cm³/mol. The van der Waals surface area contributed by atoms with Crippen molar-refractivity contribution in [1.82, 2.24) is 9.80 Å². The monoisotopic (exact) mass is 362 g/mol. The van der Waals surface area contributed by atoms with Crippen LogP contribution >= 0.6 is 0 Å². The van der Waals surface area contributed by atoms with E-state index in [-0.39, 0.29) is 23.7 Å². The van der Waals surface area contributed by atoms with E-state index in [1.165, 1.54) is 6.07 Å². The second kappa shape index (κ2) is 8.83. The first kappa shape index (κ1) is 19.9. The van der Waals surface area contributed by atoms with Crippen LogP contribution in [0.4, 0.5) is 9.18 Å². The van der Waals surface area contributed by atoms with Gasteiger partial charge in [-0.15, -0.1) is 0 Å². The Morgan fingerprint density at radius 3 is 2.35 bits per heavy atom. The average molecular weight is 362 g/mol. The number of carbonyl (C=O) groups is 2. The number of aryl methyl sites for hydroxylation is 1. The molecule has 142 valence electrons. The summed E-state index contributed by atoms with van der Waals surface area (Å²) in [6.07, 6.45) is 1.30. The van der Waals surface area contributed by atoms with Crippen LogP contribution in [0.1, 0.15) is 31.9 Å². The molecule has 0 bridgehead atoms. The number of allylic oxidation sites excluding steroid dienone is 1. The molecule has 0 aliphatic carbocycles. The summed E-state index contributed by atoms with van der Waals surface area (Å²) in [5.74, 6) is -0.206. The van der Waals surface area contributed by atoms with Crippen molar-refractivity contribution in [2.75, 3.05) is 32.8 Å². The van der Waals surface area contributed by atoms with Crippen LogP contribution in [0, 0.1) is 18.7 Å². The molecule has 0 unspecified atom stereocenters. The molecule has 0 N–H and O–H groups in total. The summed E-state index contributed by atoms with van der Waals surface area (Å²) < 4.78 is 18.5. The SMILES string of the molecule is CCOC(=O)N1CCN(C(=O)/C=C(/c2ccc(F)c(C)c2)C(C)C)CC1. The number of ether oxygens (including phenoxy) is 1. The van der Waals surface area contributed by atoms with Gasteiger partial charge >= 0.3 is 6.09 Å². The molecule has 6 heteroatoms. The predicted octanol–water partition coefficient (Wildman–Crippen LogP) is 3.47. The van der Waals surface area contributed by atoms with Crippen LogP contribution in [-0.4, -0.2) is 54.6 Å². The molecule has 1 aromatic carbocycles. The molecule has 1 aromatic rings. The fourth-order valence-electron chi connectivity index (χ4n) is 2.96. The normalized spacial score (nSPS) is 15.4. The molecule has 1 aliphatic heterocycles. The first-order valence-electron chi connectivity index (χ1n) is 9.02. The fourth-order valence-corrected chi connectivity index (χ4v) is 2.96. The van der Waals surface area contributed by atoms with Gasteiger partial charge in [0.25, 0.3) is 0 Å². The number of halogens is 1. The van der Waals surface area contributed by atoms with E-state index in [0.717, 1.165) is 11.1 Å². The van der Waals surface area contributed by atoms with Gasteiger partial charge in [0.15, 0.2) is 0 Å². The van der Waals surface area contributed by atoms with Crippen molar-refractivity contribution in [3.63, 3.8) is 0 Å². The lowest BCUT2D eigenvalue weighted by Gasteiger charge is -2.33. The minimum atomic E-state index is -0.334. The highest BCUT2D eigenvalue weighted by Gasteiger charge is 2.24. The summed E-state index contributed by atoms with van der Waals surface area (Å²) in [7, 11) is 0. The van der Waals surface area contributed by atoms with Crippen LogP contribution < -0.4 is 0 Å². The highest BCUT2D eigenvalue weighted by atomic mass is 19.1. The number of nitrogens with zero attached hydrogens (tertiary/aromatic N) is 2. The summed E-state index contributed by atoms with van der Waals surface area (Å²) >= 11 is 0. The molecule has 0 radical (unpaired) electrons. The highest BCUT2D eigenvalue weighted by molar-refractivity contribution is 5.95. The molecule has 26 heavy (non-hydrogen) atoms. The van der Waals surface area contributed by atoms with E-state index < -0.39 is 0 Å². The molecule has 0 atom stereocenters. The quantitative estimate of drug-likeness (QED) is 0.771. The Kier molecular flexibility index (Phi) is 6.77.